The fraction of sp³-hybridized carbons (Fsp3) is 0.167. The summed E-state index contributed by atoms with van der Waals surface area (Å²) in [6.45, 7) is 3.98. The number of hydrogen-bond acceptors (Lipinski definition) is 4. The van der Waals surface area contributed by atoms with Gasteiger partial charge in [-0.1, -0.05) is 23.5 Å². The maximum absolute atomic E-state index is 9.54. The molecule has 1 N–H and O–H groups in total. The third kappa shape index (κ3) is 2.28. The van der Waals surface area contributed by atoms with Gasteiger partial charge in [0.1, 0.15) is 5.75 Å². The number of aromatic hydroxyl groups is 1. The van der Waals surface area contributed by atoms with Gasteiger partial charge in [-0.3, -0.25) is 0 Å². The molecule has 16 heavy (non-hydrogen) atoms. The Bertz CT molecular complexity index is 512. The molecule has 0 fully saturated rings. The molecule has 0 saturated heterocycles. The summed E-state index contributed by atoms with van der Waals surface area (Å²) >= 11 is 1.55. The fourth-order valence-corrected chi connectivity index (χ4v) is 1.99. The van der Waals surface area contributed by atoms with E-state index in [1.54, 1.807) is 29.7 Å². The lowest BCUT2D eigenvalue weighted by molar-refractivity contribution is 0.474. The van der Waals surface area contributed by atoms with Crippen LogP contribution in [0, 0.1) is 13.8 Å². The van der Waals surface area contributed by atoms with Crippen LogP contribution in [0.2, 0.25) is 0 Å². The summed E-state index contributed by atoms with van der Waals surface area (Å²) in [4.78, 5) is 9.71. The minimum atomic E-state index is 0.233. The first-order valence-corrected chi connectivity index (χ1v) is 5.74. The Morgan fingerprint density at radius 3 is 2.69 bits per heavy atom. The van der Waals surface area contributed by atoms with Gasteiger partial charge in [0.25, 0.3) is 0 Å². The maximum atomic E-state index is 9.54. The van der Waals surface area contributed by atoms with E-state index in [9.17, 15) is 5.11 Å². The Hall–Kier alpha value is -1.68. The average molecular weight is 232 g/mol. The summed E-state index contributed by atoms with van der Waals surface area (Å²) in [5, 5.41) is 10.3. The first-order valence-electron chi connectivity index (χ1n) is 4.93. The number of aryl methyl sites for hydroxylation is 2. The first kappa shape index (κ1) is 10.8. The number of thiazole rings is 1. The van der Waals surface area contributed by atoms with E-state index in [0.29, 0.717) is 5.56 Å². The van der Waals surface area contributed by atoms with Crippen LogP contribution in [0.4, 0.5) is 5.13 Å². The highest BCUT2D eigenvalue weighted by Crippen LogP contribution is 2.24. The van der Waals surface area contributed by atoms with E-state index in [0.717, 1.165) is 10.8 Å². The van der Waals surface area contributed by atoms with Crippen molar-refractivity contribution in [1.29, 1.82) is 0 Å². The number of benzene rings is 1. The maximum Gasteiger partial charge on any atom is 0.209 e. The number of phenols is 1. The molecule has 0 aliphatic carbocycles. The van der Waals surface area contributed by atoms with E-state index in [-0.39, 0.29) is 5.75 Å². The number of rotatable bonds is 2. The minimum Gasteiger partial charge on any atom is -0.507 e. The number of para-hydroxylation sites is 1. The lowest BCUT2D eigenvalue weighted by Crippen LogP contribution is -1.80. The van der Waals surface area contributed by atoms with Gasteiger partial charge in [-0.05, 0) is 26.0 Å². The Morgan fingerprint density at radius 1 is 1.31 bits per heavy atom. The average Bonchev–Trinajstić information content (AvgIpc) is 2.57. The highest BCUT2D eigenvalue weighted by molar-refractivity contribution is 7.15. The number of hydrogen-bond donors (Lipinski definition) is 1. The zero-order valence-corrected chi connectivity index (χ0v) is 9.95. The number of nitrogens with zero attached hydrogens (tertiary/aromatic N) is 2. The van der Waals surface area contributed by atoms with Crippen LogP contribution in [0.3, 0.4) is 0 Å². The van der Waals surface area contributed by atoms with Gasteiger partial charge < -0.3 is 5.11 Å². The molecule has 2 aromatic rings. The van der Waals surface area contributed by atoms with E-state index in [1.807, 2.05) is 26.0 Å². The first-order chi connectivity index (χ1) is 7.66. The van der Waals surface area contributed by atoms with E-state index in [4.69, 9.17) is 0 Å². The minimum absolute atomic E-state index is 0.233. The van der Waals surface area contributed by atoms with Gasteiger partial charge in [-0.25, -0.2) is 9.98 Å². The van der Waals surface area contributed by atoms with Crippen LogP contribution in [-0.2, 0) is 0 Å². The SMILES string of the molecule is Cc1nc(/N=C/c2ccccc2O)sc1C. The summed E-state index contributed by atoms with van der Waals surface area (Å²) in [6.07, 6.45) is 1.63. The van der Waals surface area contributed by atoms with Crippen molar-refractivity contribution in [3.05, 3.63) is 40.4 Å². The van der Waals surface area contributed by atoms with Gasteiger partial charge in [-0.2, -0.15) is 0 Å². The summed E-state index contributed by atoms with van der Waals surface area (Å²) in [7, 11) is 0. The van der Waals surface area contributed by atoms with Crippen molar-refractivity contribution in [2.45, 2.75) is 13.8 Å². The third-order valence-electron chi connectivity index (χ3n) is 2.27. The molecule has 1 heterocycles. The van der Waals surface area contributed by atoms with Gasteiger partial charge in [0.15, 0.2) is 0 Å². The second-order valence-corrected chi connectivity index (χ2v) is 4.64. The normalized spacial score (nSPS) is 11.1. The fourth-order valence-electron chi connectivity index (χ4n) is 1.23. The topological polar surface area (TPSA) is 45.5 Å². The third-order valence-corrected chi connectivity index (χ3v) is 3.25. The molecule has 82 valence electrons. The monoisotopic (exact) mass is 232 g/mol. The second-order valence-electron chi connectivity index (χ2n) is 3.46. The van der Waals surface area contributed by atoms with Gasteiger partial charge in [-0.15, -0.1) is 0 Å². The van der Waals surface area contributed by atoms with Crippen molar-refractivity contribution in [2.75, 3.05) is 0 Å². The van der Waals surface area contributed by atoms with Crippen LogP contribution < -0.4 is 0 Å². The van der Waals surface area contributed by atoms with Gasteiger partial charge in [0, 0.05) is 16.7 Å². The zero-order valence-electron chi connectivity index (χ0n) is 9.14. The van der Waals surface area contributed by atoms with Crippen LogP contribution in [0.15, 0.2) is 29.3 Å². The summed E-state index contributed by atoms with van der Waals surface area (Å²) in [5.74, 6) is 0.233. The standard InChI is InChI=1S/C12H12N2OS/c1-8-9(2)16-12(14-8)13-7-10-5-3-4-6-11(10)15/h3-7,15H,1-2H3/b13-7+. The van der Waals surface area contributed by atoms with Crippen molar-refractivity contribution < 1.29 is 5.11 Å². The van der Waals surface area contributed by atoms with Crippen molar-refractivity contribution >= 4 is 22.7 Å². The van der Waals surface area contributed by atoms with Gasteiger partial charge >= 0.3 is 0 Å². The van der Waals surface area contributed by atoms with Crippen LogP contribution in [0.25, 0.3) is 0 Å². The van der Waals surface area contributed by atoms with Crippen LogP contribution in [0.1, 0.15) is 16.1 Å². The smallest absolute Gasteiger partial charge is 0.209 e. The van der Waals surface area contributed by atoms with Crippen LogP contribution >= 0.6 is 11.3 Å². The molecule has 1 aromatic heterocycles. The predicted molar refractivity (Wildman–Crippen MR) is 66.9 cm³/mol. The molecule has 4 heteroatoms. The Morgan fingerprint density at radius 2 is 2.06 bits per heavy atom. The molecule has 0 bridgehead atoms. The largest absolute Gasteiger partial charge is 0.507 e. The number of aromatic nitrogens is 1. The molecule has 2 rings (SSSR count). The van der Waals surface area contributed by atoms with Crippen molar-refractivity contribution in [2.24, 2.45) is 4.99 Å². The summed E-state index contributed by atoms with van der Waals surface area (Å²) < 4.78 is 0. The summed E-state index contributed by atoms with van der Waals surface area (Å²) in [6, 6.07) is 7.09. The second kappa shape index (κ2) is 4.45. The molecule has 0 unspecified atom stereocenters. The molecule has 0 aliphatic rings. The molecule has 0 aliphatic heterocycles. The molecule has 0 spiro atoms. The molecule has 3 nitrogen and oxygen atoms in total. The quantitative estimate of drug-likeness (QED) is 0.808. The lowest BCUT2D eigenvalue weighted by atomic mass is 10.2. The van der Waals surface area contributed by atoms with Crippen molar-refractivity contribution in [3.63, 3.8) is 0 Å². The van der Waals surface area contributed by atoms with Crippen LogP contribution in [-0.4, -0.2) is 16.3 Å². The predicted octanol–water partition coefficient (Wildman–Crippen LogP) is 3.22. The van der Waals surface area contributed by atoms with Crippen molar-refractivity contribution in [3.8, 4) is 5.75 Å². The summed E-state index contributed by atoms with van der Waals surface area (Å²) in [5.41, 5.74) is 1.71. The Balaban J connectivity index is 2.25. The highest BCUT2D eigenvalue weighted by atomic mass is 32.1. The van der Waals surface area contributed by atoms with E-state index in [2.05, 4.69) is 9.98 Å². The lowest BCUT2D eigenvalue weighted by Gasteiger charge is -1.95. The molecule has 0 amide bonds. The van der Waals surface area contributed by atoms with Gasteiger partial charge in [0.2, 0.25) is 5.13 Å². The molecular formula is C12H12N2OS. The molecule has 1 aromatic carbocycles. The Labute approximate surface area is 98.1 Å². The number of phenolic OH excluding ortho intramolecular Hbond substituents is 1. The Kier molecular flexibility index (Phi) is 3.01. The molecule has 0 saturated carbocycles. The highest BCUT2D eigenvalue weighted by Gasteiger charge is 2.01. The van der Waals surface area contributed by atoms with E-state index >= 15 is 0 Å². The van der Waals surface area contributed by atoms with Crippen molar-refractivity contribution in [1.82, 2.24) is 4.98 Å². The van der Waals surface area contributed by atoms with Crippen LogP contribution in [0.5, 0.6) is 5.75 Å². The molecule has 0 atom stereocenters. The molecule has 0 radical (unpaired) electrons. The number of aliphatic imine (C=N–C) groups is 1. The van der Waals surface area contributed by atoms with E-state index < -0.39 is 0 Å². The molecular weight excluding hydrogens is 220 g/mol. The zero-order chi connectivity index (χ0) is 11.5. The van der Waals surface area contributed by atoms with E-state index in [1.165, 1.54) is 4.88 Å². The van der Waals surface area contributed by atoms with Gasteiger partial charge in [0.05, 0.1) is 5.69 Å².